The van der Waals surface area contributed by atoms with Gasteiger partial charge >= 0.3 is 6.04 Å². The minimum atomic E-state index is -1.88. The lowest BCUT2D eigenvalue weighted by molar-refractivity contribution is -0.129. The number of hydrogen-bond donors (Lipinski definition) is 0. The van der Waals surface area contributed by atoms with E-state index in [9.17, 15) is 18.0 Å². The standard InChI is InChI=1S/C5H5F3O/c6-4(7)2-1-3-5(8)9/h2H,1,3H2. The van der Waals surface area contributed by atoms with E-state index in [0.29, 0.717) is 6.08 Å². The minimum absolute atomic E-state index is 0.225. The van der Waals surface area contributed by atoms with Crippen molar-refractivity contribution >= 4 is 6.04 Å². The van der Waals surface area contributed by atoms with Crippen LogP contribution in [0.4, 0.5) is 13.2 Å². The fraction of sp³-hybridized carbons (Fsp3) is 0.400. The fourth-order valence-electron chi connectivity index (χ4n) is 0.295. The van der Waals surface area contributed by atoms with Crippen molar-refractivity contribution in [1.29, 1.82) is 0 Å². The first-order valence-electron chi connectivity index (χ1n) is 2.32. The Labute approximate surface area is 50.2 Å². The molecule has 52 valence electrons. The topological polar surface area (TPSA) is 17.1 Å². The lowest BCUT2D eigenvalue weighted by Crippen LogP contribution is -1.83. The molecule has 0 radical (unpaired) electrons. The molecule has 0 unspecified atom stereocenters. The van der Waals surface area contributed by atoms with Crippen LogP contribution in [0.1, 0.15) is 12.8 Å². The highest BCUT2D eigenvalue weighted by Crippen LogP contribution is 2.01. The van der Waals surface area contributed by atoms with E-state index < -0.39 is 18.5 Å². The van der Waals surface area contributed by atoms with Crippen LogP contribution in [0.3, 0.4) is 0 Å². The van der Waals surface area contributed by atoms with Crippen LogP contribution in [0.25, 0.3) is 0 Å². The predicted molar refractivity (Wildman–Crippen MR) is 25.6 cm³/mol. The third-order valence-corrected chi connectivity index (χ3v) is 0.640. The summed E-state index contributed by atoms with van der Waals surface area (Å²) < 4.78 is 33.5. The van der Waals surface area contributed by atoms with Crippen LogP contribution in [0, 0.1) is 0 Å². The predicted octanol–water partition coefficient (Wildman–Crippen LogP) is 2.04. The molecule has 4 heteroatoms. The largest absolute Gasteiger partial charge is 0.301 e. The molecule has 0 aliphatic rings. The molecule has 0 aliphatic carbocycles. The van der Waals surface area contributed by atoms with Crippen molar-refractivity contribution in [2.75, 3.05) is 0 Å². The SMILES string of the molecule is O=C(F)CCC=C(F)F. The molecule has 0 N–H and O–H groups in total. The second kappa shape index (κ2) is 4.12. The molecule has 0 fully saturated rings. The summed E-state index contributed by atoms with van der Waals surface area (Å²) in [5, 5.41) is 0. The van der Waals surface area contributed by atoms with Gasteiger partial charge in [0.15, 0.2) is 0 Å². The first-order valence-corrected chi connectivity index (χ1v) is 2.32. The summed E-state index contributed by atoms with van der Waals surface area (Å²) in [7, 11) is 0. The Balaban J connectivity index is 3.31. The molecule has 0 atom stereocenters. The Bertz CT molecular complexity index is 126. The molecule has 0 bridgehead atoms. The van der Waals surface area contributed by atoms with Crippen molar-refractivity contribution in [3.05, 3.63) is 12.2 Å². The number of hydrogen-bond acceptors (Lipinski definition) is 1. The van der Waals surface area contributed by atoms with Crippen molar-refractivity contribution in [1.82, 2.24) is 0 Å². The van der Waals surface area contributed by atoms with E-state index in [-0.39, 0.29) is 6.42 Å². The lowest BCUT2D eigenvalue weighted by Gasteiger charge is -1.82. The van der Waals surface area contributed by atoms with E-state index in [2.05, 4.69) is 0 Å². The molecule has 0 aromatic carbocycles. The van der Waals surface area contributed by atoms with Crippen molar-refractivity contribution < 1.29 is 18.0 Å². The van der Waals surface area contributed by atoms with Crippen molar-refractivity contribution in [2.24, 2.45) is 0 Å². The normalized spacial score (nSPS) is 8.78. The lowest BCUT2D eigenvalue weighted by atomic mass is 10.3. The van der Waals surface area contributed by atoms with E-state index in [1.807, 2.05) is 0 Å². The van der Waals surface area contributed by atoms with Crippen LogP contribution in [0.5, 0.6) is 0 Å². The second-order valence-corrected chi connectivity index (χ2v) is 1.39. The summed E-state index contributed by atoms with van der Waals surface area (Å²) in [5.41, 5.74) is 0. The summed E-state index contributed by atoms with van der Waals surface area (Å²) in [5.74, 6) is 0. The van der Waals surface area contributed by atoms with Gasteiger partial charge in [0.2, 0.25) is 0 Å². The number of carbonyl (C=O) groups excluding carboxylic acids is 1. The van der Waals surface area contributed by atoms with Crippen LogP contribution in [-0.2, 0) is 4.79 Å². The maximum Gasteiger partial charge on any atom is 0.301 e. The fourth-order valence-corrected chi connectivity index (χ4v) is 0.295. The minimum Gasteiger partial charge on any atom is -0.261 e. The Hall–Kier alpha value is -0.800. The Morgan fingerprint density at radius 2 is 1.89 bits per heavy atom. The zero-order valence-corrected chi connectivity index (χ0v) is 4.53. The van der Waals surface area contributed by atoms with Crippen LogP contribution in [0.2, 0.25) is 0 Å². The van der Waals surface area contributed by atoms with Crippen molar-refractivity contribution in [3.8, 4) is 0 Å². The van der Waals surface area contributed by atoms with Gasteiger partial charge in [0, 0.05) is 6.42 Å². The maximum atomic E-state index is 11.2. The molecular weight excluding hydrogens is 133 g/mol. The van der Waals surface area contributed by atoms with E-state index in [1.165, 1.54) is 0 Å². The number of halogens is 3. The van der Waals surface area contributed by atoms with Crippen LogP contribution < -0.4 is 0 Å². The van der Waals surface area contributed by atoms with Gasteiger partial charge in [0.05, 0.1) is 0 Å². The van der Waals surface area contributed by atoms with Gasteiger partial charge in [-0.05, 0) is 12.5 Å². The summed E-state index contributed by atoms with van der Waals surface area (Å²) in [6.07, 6.45) is -2.05. The third kappa shape index (κ3) is 7.20. The molecule has 0 heterocycles. The molecule has 0 saturated carbocycles. The third-order valence-electron chi connectivity index (χ3n) is 0.640. The molecule has 0 aliphatic heterocycles. The molecule has 0 aromatic rings. The molecule has 0 rings (SSSR count). The first kappa shape index (κ1) is 8.20. The molecule has 0 aromatic heterocycles. The highest BCUT2D eigenvalue weighted by Gasteiger charge is 1.95. The molecule has 1 nitrogen and oxygen atoms in total. The summed E-state index contributed by atoms with van der Waals surface area (Å²) in [4.78, 5) is 9.48. The number of allylic oxidation sites excluding steroid dienone is 1. The van der Waals surface area contributed by atoms with Crippen LogP contribution in [0.15, 0.2) is 12.2 Å². The molecular formula is C5H5F3O. The molecule has 0 amide bonds. The summed E-state index contributed by atoms with van der Waals surface area (Å²) >= 11 is 0. The van der Waals surface area contributed by atoms with Gasteiger partial charge in [-0.25, -0.2) is 0 Å². The van der Waals surface area contributed by atoms with Gasteiger partial charge < -0.3 is 0 Å². The van der Waals surface area contributed by atoms with E-state index >= 15 is 0 Å². The highest BCUT2D eigenvalue weighted by atomic mass is 19.3. The van der Waals surface area contributed by atoms with Crippen molar-refractivity contribution in [3.63, 3.8) is 0 Å². The van der Waals surface area contributed by atoms with Crippen LogP contribution >= 0.6 is 0 Å². The van der Waals surface area contributed by atoms with Gasteiger partial charge in [-0.2, -0.15) is 13.2 Å². The quantitative estimate of drug-likeness (QED) is 0.545. The van der Waals surface area contributed by atoms with Gasteiger partial charge in [0.1, 0.15) is 0 Å². The summed E-state index contributed by atoms with van der Waals surface area (Å²) in [6, 6.07) is -1.56. The first-order chi connectivity index (χ1) is 4.13. The van der Waals surface area contributed by atoms with E-state index in [0.717, 1.165) is 0 Å². The maximum absolute atomic E-state index is 11.2. The molecule has 0 spiro atoms. The number of rotatable bonds is 3. The monoisotopic (exact) mass is 138 g/mol. The van der Waals surface area contributed by atoms with Crippen LogP contribution in [-0.4, -0.2) is 6.04 Å². The second-order valence-electron chi connectivity index (χ2n) is 1.39. The van der Waals surface area contributed by atoms with Gasteiger partial charge in [0.25, 0.3) is 6.08 Å². The molecule has 9 heavy (non-hydrogen) atoms. The molecule has 0 saturated heterocycles. The Morgan fingerprint density at radius 1 is 1.33 bits per heavy atom. The van der Waals surface area contributed by atoms with Crippen molar-refractivity contribution in [2.45, 2.75) is 12.8 Å². The summed E-state index contributed by atoms with van der Waals surface area (Å²) in [6.45, 7) is 0. The van der Waals surface area contributed by atoms with Gasteiger partial charge in [-0.3, -0.25) is 4.79 Å². The average Bonchev–Trinajstić information content (AvgIpc) is 1.63. The zero-order chi connectivity index (χ0) is 7.28. The van der Waals surface area contributed by atoms with E-state index in [4.69, 9.17) is 0 Å². The smallest absolute Gasteiger partial charge is 0.261 e. The van der Waals surface area contributed by atoms with E-state index in [1.54, 1.807) is 0 Å². The Morgan fingerprint density at radius 3 is 2.22 bits per heavy atom. The average molecular weight is 138 g/mol. The van der Waals surface area contributed by atoms with Gasteiger partial charge in [-0.1, -0.05) is 0 Å². The highest BCUT2D eigenvalue weighted by molar-refractivity contribution is 5.67. The number of carbonyl (C=O) groups is 1. The van der Waals surface area contributed by atoms with Gasteiger partial charge in [-0.15, -0.1) is 0 Å². The zero-order valence-electron chi connectivity index (χ0n) is 4.53. The Kier molecular flexibility index (Phi) is 3.75.